The summed E-state index contributed by atoms with van der Waals surface area (Å²) in [5.74, 6) is 1.38. The molecule has 1 aliphatic rings. The van der Waals surface area contributed by atoms with Crippen molar-refractivity contribution in [3.8, 4) is 11.5 Å². The molecule has 5 nitrogen and oxygen atoms in total. The first-order valence-corrected chi connectivity index (χ1v) is 8.38. The number of thiophene rings is 1. The summed E-state index contributed by atoms with van der Waals surface area (Å²) in [6.07, 6.45) is 2.63. The predicted molar refractivity (Wildman–Crippen MR) is 90.8 cm³/mol. The molecule has 2 aromatic rings. The Bertz CT molecular complexity index is 726. The number of benzene rings is 1. The van der Waals surface area contributed by atoms with Crippen molar-refractivity contribution in [3.05, 3.63) is 45.6 Å². The Morgan fingerprint density at radius 2 is 2.43 bits per heavy atom. The fraction of sp³-hybridized carbons (Fsp3) is 0.294. The summed E-state index contributed by atoms with van der Waals surface area (Å²) >= 11 is 1.37. The van der Waals surface area contributed by atoms with E-state index in [-0.39, 0.29) is 12.0 Å². The number of nitrogens with zero attached hydrogens (tertiary/aromatic N) is 1. The molecule has 3 rings (SSSR count). The van der Waals surface area contributed by atoms with Gasteiger partial charge >= 0.3 is 0 Å². The van der Waals surface area contributed by atoms with Crippen LogP contribution < -0.4 is 14.9 Å². The first-order chi connectivity index (χ1) is 11.2. The second-order valence-corrected chi connectivity index (χ2v) is 6.19. The van der Waals surface area contributed by atoms with Crippen LogP contribution in [0.5, 0.6) is 11.5 Å². The summed E-state index contributed by atoms with van der Waals surface area (Å²) in [6, 6.07) is 7.48. The van der Waals surface area contributed by atoms with Gasteiger partial charge in [-0.2, -0.15) is 5.10 Å². The van der Waals surface area contributed by atoms with E-state index >= 15 is 0 Å². The Labute approximate surface area is 138 Å². The molecule has 1 atom stereocenters. The molecular weight excluding hydrogens is 312 g/mol. The number of amides is 1. The molecule has 0 radical (unpaired) electrons. The third kappa shape index (κ3) is 3.53. The third-order valence-corrected chi connectivity index (χ3v) is 4.31. The van der Waals surface area contributed by atoms with Crippen LogP contribution in [0.4, 0.5) is 0 Å². The van der Waals surface area contributed by atoms with Crippen LogP contribution >= 0.6 is 11.3 Å². The van der Waals surface area contributed by atoms with Crippen LogP contribution in [0, 0.1) is 0 Å². The van der Waals surface area contributed by atoms with E-state index in [1.54, 1.807) is 12.3 Å². The minimum Gasteiger partial charge on any atom is -0.493 e. The van der Waals surface area contributed by atoms with E-state index < -0.39 is 0 Å². The van der Waals surface area contributed by atoms with Gasteiger partial charge in [-0.1, -0.05) is 6.07 Å². The van der Waals surface area contributed by atoms with Crippen LogP contribution in [0.25, 0.3) is 0 Å². The molecule has 1 aromatic carbocycles. The van der Waals surface area contributed by atoms with Gasteiger partial charge in [0.1, 0.15) is 17.6 Å². The highest BCUT2D eigenvalue weighted by atomic mass is 32.1. The molecule has 0 aliphatic carbocycles. The Balaban J connectivity index is 1.77. The second-order valence-electron chi connectivity index (χ2n) is 5.24. The van der Waals surface area contributed by atoms with E-state index in [1.165, 1.54) is 11.3 Å². The first-order valence-electron chi connectivity index (χ1n) is 7.50. The molecule has 0 saturated heterocycles. The van der Waals surface area contributed by atoms with Crippen molar-refractivity contribution in [1.29, 1.82) is 0 Å². The monoisotopic (exact) mass is 330 g/mol. The number of hydrazone groups is 1. The number of fused-ring (bicyclic) bond motifs is 1. The van der Waals surface area contributed by atoms with Gasteiger partial charge in [0, 0.05) is 17.5 Å². The van der Waals surface area contributed by atoms with E-state index in [9.17, 15) is 4.79 Å². The maximum absolute atomic E-state index is 11.9. The van der Waals surface area contributed by atoms with Crippen LogP contribution in [0.3, 0.4) is 0 Å². The predicted octanol–water partition coefficient (Wildman–Crippen LogP) is 3.23. The smallest absolute Gasteiger partial charge is 0.281 e. The lowest BCUT2D eigenvalue weighted by Gasteiger charge is -2.09. The van der Waals surface area contributed by atoms with Gasteiger partial charge in [0.05, 0.1) is 17.7 Å². The van der Waals surface area contributed by atoms with Gasteiger partial charge in [0.25, 0.3) is 5.91 Å². The number of hydrogen-bond donors (Lipinski definition) is 1. The van der Waals surface area contributed by atoms with Gasteiger partial charge in [-0.25, -0.2) is 5.43 Å². The average Bonchev–Trinajstić information content (AvgIpc) is 3.16. The van der Waals surface area contributed by atoms with Crippen LogP contribution in [-0.2, 0) is 6.42 Å². The summed E-state index contributed by atoms with van der Waals surface area (Å²) in [7, 11) is 0. The molecular formula is C17H18N2O3S. The first kappa shape index (κ1) is 15.6. The number of hydrogen-bond acceptors (Lipinski definition) is 5. The lowest BCUT2D eigenvalue weighted by molar-refractivity contribution is 0.0959. The minimum absolute atomic E-state index is 0.171. The van der Waals surface area contributed by atoms with Gasteiger partial charge in [0.15, 0.2) is 0 Å². The normalized spacial score (nSPS) is 16.2. The largest absolute Gasteiger partial charge is 0.493 e. The number of carbonyl (C=O) groups excluding carboxylic acids is 1. The average molecular weight is 330 g/mol. The minimum atomic E-state index is -0.222. The Morgan fingerprint density at radius 3 is 3.17 bits per heavy atom. The van der Waals surface area contributed by atoms with E-state index in [1.807, 2.05) is 37.4 Å². The molecule has 0 bridgehead atoms. The van der Waals surface area contributed by atoms with E-state index in [4.69, 9.17) is 9.47 Å². The zero-order valence-corrected chi connectivity index (χ0v) is 13.9. The molecule has 1 aromatic heterocycles. The molecule has 1 aliphatic heterocycles. The van der Waals surface area contributed by atoms with Gasteiger partial charge in [-0.15, -0.1) is 11.3 Å². The zero-order valence-electron chi connectivity index (χ0n) is 13.0. The molecule has 120 valence electrons. The highest BCUT2D eigenvalue weighted by Crippen LogP contribution is 2.34. The summed E-state index contributed by atoms with van der Waals surface area (Å²) in [6.45, 7) is 4.54. The molecule has 0 unspecified atom stereocenters. The highest BCUT2D eigenvalue weighted by molar-refractivity contribution is 7.12. The van der Waals surface area contributed by atoms with Crippen molar-refractivity contribution in [3.63, 3.8) is 0 Å². The van der Waals surface area contributed by atoms with Crippen molar-refractivity contribution < 1.29 is 14.3 Å². The van der Waals surface area contributed by atoms with Crippen LogP contribution in [0.1, 0.15) is 34.6 Å². The van der Waals surface area contributed by atoms with Gasteiger partial charge in [-0.3, -0.25) is 4.79 Å². The van der Waals surface area contributed by atoms with Crippen LogP contribution in [0.2, 0.25) is 0 Å². The fourth-order valence-electron chi connectivity index (χ4n) is 2.46. The molecule has 6 heteroatoms. The van der Waals surface area contributed by atoms with E-state index in [0.29, 0.717) is 11.5 Å². The van der Waals surface area contributed by atoms with Crippen LogP contribution in [-0.4, -0.2) is 24.8 Å². The SMILES string of the molecule is CCOc1cc2c(cc1/C=N\NC(=O)c1cccs1)O[C@@H](C)C2. The molecule has 0 saturated carbocycles. The molecule has 2 heterocycles. The Hall–Kier alpha value is -2.34. The third-order valence-electron chi connectivity index (χ3n) is 3.44. The van der Waals surface area contributed by atoms with Crippen molar-refractivity contribution in [2.45, 2.75) is 26.4 Å². The molecule has 23 heavy (non-hydrogen) atoms. The number of carbonyl (C=O) groups is 1. The van der Waals surface area contributed by atoms with Crippen LogP contribution in [0.15, 0.2) is 34.7 Å². The zero-order chi connectivity index (χ0) is 16.2. The molecule has 1 amide bonds. The molecule has 0 fully saturated rings. The number of rotatable bonds is 5. The number of ether oxygens (including phenoxy) is 2. The summed E-state index contributed by atoms with van der Waals surface area (Å²) in [5.41, 5.74) is 4.45. The quantitative estimate of drug-likeness (QED) is 0.676. The maximum atomic E-state index is 11.9. The maximum Gasteiger partial charge on any atom is 0.281 e. The Kier molecular flexibility index (Phi) is 4.62. The fourth-order valence-corrected chi connectivity index (χ4v) is 3.07. The molecule has 1 N–H and O–H groups in total. The van der Waals surface area contributed by atoms with E-state index in [0.717, 1.165) is 29.0 Å². The standard InChI is InChI=1S/C17H18N2O3S/c1-3-21-14-8-12-7-11(2)22-15(12)9-13(14)10-18-19-17(20)16-5-4-6-23-16/h4-6,8-11H,3,7H2,1-2H3,(H,19,20)/b18-10-/t11-/m0/s1. The van der Waals surface area contributed by atoms with Crippen molar-refractivity contribution in [2.24, 2.45) is 5.10 Å². The van der Waals surface area contributed by atoms with Gasteiger partial charge in [0.2, 0.25) is 0 Å². The lowest BCUT2D eigenvalue weighted by Crippen LogP contribution is -2.16. The summed E-state index contributed by atoms with van der Waals surface area (Å²) in [5, 5.41) is 5.88. The van der Waals surface area contributed by atoms with Gasteiger partial charge in [-0.05, 0) is 37.4 Å². The van der Waals surface area contributed by atoms with Crippen molar-refractivity contribution >= 4 is 23.5 Å². The van der Waals surface area contributed by atoms with E-state index in [2.05, 4.69) is 10.5 Å². The summed E-state index contributed by atoms with van der Waals surface area (Å²) in [4.78, 5) is 12.5. The molecule has 0 spiro atoms. The summed E-state index contributed by atoms with van der Waals surface area (Å²) < 4.78 is 11.4. The second kappa shape index (κ2) is 6.83. The van der Waals surface area contributed by atoms with Gasteiger partial charge < -0.3 is 9.47 Å². The topological polar surface area (TPSA) is 59.9 Å². The Morgan fingerprint density at radius 1 is 1.57 bits per heavy atom. The lowest BCUT2D eigenvalue weighted by atomic mass is 10.1. The number of nitrogens with one attached hydrogen (secondary N) is 1. The highest BCUT2D eigenvalue weighted by Gasteiger charge is 2.21. The van der Waals surface area contributed by atoms with Crippen molar-refractivity contribution in [2.75, 3.05) is 6.61 Å². The van der Waals surface area contributed by atoms with Crippen molar-refractivity contribution in [1.82, 2.24) is 5.43 Å².